The molecule has 25 heavy (non-hydrogen) atoms. The molecule has 0 radical (unpaired) electrons. The molecule has 2 aromatic carbocycles. The van der Waals surface area contributed by atoms with Crippen LogP contribution >= 0.6 is 15.9 Å². The number of ether oxygens (including phenoxy) is 3. The molecule has 0 aliphatic heterocycles. The molecule has 5 heteroatoms. The van der Waals surface area contributed by atoms with E-state index in [-0.39, 0.29) is 0 Å². The zero-order valence-corrected chi connectivity index (χ0v) is 16.4. The minimum absolute atomic E-state index is 0.564. The van der Waals surface area contributed by atoms with Gasteiger partial charge in [-0.25, -0.2) is 0 Å². The molecular formula is C20H23BrO4. The summed E-state index contributed by atoms with van der Waals surface area (Å²) in [6, 6.07) is 9.26. The van der Waals surface area contributed by atoms with Crippen LogP contribution in [0.1, 0.15) is 34.3 Å². The van der Waals surface area contributed by atoms with E-state index in [2.05, 4.69) is 41.9 Å². The highest BCUT2D eigenvalue weighted by molar-refractivity contribution is 9.10. The maximum absolute atomic E-state index is 10.8. The van der Waals surface area contributed by atoms with Gasteiger partial charge >= 0.3 is 0 Å². The first-order valence-electron chi connectivity index (χ1n) is 8.20. The molecular weight excluding hydrogens is 384 g/mol. The summed E-state index contributed by atoms with van der Waals surface area (Å²) >= 11 is 3.53. The quantitative estimate of drug-likeness (QED) is 0.427. The monoisotopic (exact) mass is 406 g/mol. The van der Waals surface area contributed by atoms with Crippen molar-refractivity contribution in [1.29, 1.82) is 0 Å². The third-order valence-electron chi connectivity index (χ3n) is 3.93. The highest BCUT2D eigenvalue weighted by Gasteiger charge is 2.06. The van der Waals surface area contributed by atoms with Crippen LogP contribution in [0.15, 0.2) is 34.8 Å². The Morgan fingerprint density at radius 3 is 2.20 bits per heavy atom. The molecule has 0 amide bonds. The number of unbranched alkanes of at least 4 members (excludes halogenated alkanes) is 1. The van der Waals surface area contributed by atoms with Crippen LogP contribution in [0.5, 0.6) is 17.2 Å². The molecule has 0 unspecified atom stereocenters. The third-order valence-corrected chi connectivity index (χ3v) is 4.55. The Labute approximate surface area is 157 Å². The fourth-order valence-corrected chi connectivity index (χ4v) is 2.88. The van der Waals surface area contributed by atoms with Crippen molar-refractivity contribution in [2.75, 3.05) is 20.3 Å². The van der Waals surface area contributed by atoms with Crippen molar-refractivity contribution in [1.82, 2.24) is 0 Å². The number of methoxy groups -OCH3 is 1. The van der Waals surface area contributed by atoms with Gasteiger partial charge in [-0.2, -0.15) is 0 Å². The average Bonchev–Trinajstić information content (AvgIpc) is 2.62. The van der Waals surface area contributed by atoms with Crippen molar-refractivity contribution in [3.05, 3.63) is 51.5 Å². The van der Waals surface area contributed by atoms with Gasteiger partial charge in [0.2, 0.25) is 0 Å². The van der Waals surface area contributed by atoms with Gasteiger partial charge in [-0.15, -0.1) is 0 Å². The molecule has 0 aromatic heterocycles. The summed E-state index contributed by atoms with van der Waals surface area (Å²) in [7, 11) is 1.56. The lowest BCUT2D eigenvalue weighted by molar-refractivity contribution is 0.112. The van der Waals surface area contributed by atoms with Crippen molar-refractivity contribution >= 4 is 22.2 Å². The van der Waals surface area contributed by atoms with E-state index < -0.39 is 0 Å². The number of rotatable bonds is 9. The van der Waals surface area contributed by atoms with E-state index in [9.17, 15) is 4.79 Å². The van der Waals surface area contributed by atoms with Crippen LogP contribution in [-0.4, -0.2) is 26.6 Å². The van der Waals surface area contributed by atoms with Crippen LogP contribution < -0.4 is 14.2 Å². The van der Waals surface area contributed by atoms with Crippen molar-refractivity contribution in [2.24, 2.45) is 0 Å². The molecule has 0 saturated carbocycles. The average molecular weight is 407 g/mol. The topological polar surface area (TPSA) is 44.8 Å². The number of hydrogen-bond donors (Lipinski definition) is 0. The number of halogens is 1. The lowest BCUT2D eigenvalue weighted by Crippen LogP contribution is -2.04. The number of benzene rings is 2. The Morgan fingerprint density at radius 1 is 0.920 bits per heavy atom. The fraction of sp³-hybridized carbons (Fsp3) is 0.350. The van der Waals surface area contributed by atoms with Crippen LogP contribution in [-0.2, 0) is 0 Å². The van der Waals surface area contributed by atoms with Gasteiger partial charge in [0.1, 0.15) is 12.0 Å². The maximum atomic E-state index is 10.8. The largest absolute Gasteiger partial charge is 0.493 e. The van der Waals surface area contributed by atoms with Gasteiger partial charge in [-0.1, -0.05) is 0 Å². The summed E-state index contributed by atoms with van der Waals surface area (Å²) in [6.45, 7) is 5.35. The number of carbonyl (C=O) groups is 1. The van der Waals surface area contributed by atoms with Gasteiger partial charge in [-0.3, -0.25) is 4.79 Å². The number of aldehydes is 1. The van der Waals surface area contributed by atoms with E-state index in [1.54, 1.807) is 25.3 Å². The second kappa shape index (κ2) is 9.47. The maximum Gasteiger partial charge on any atom is 0.161 e. The lowest BCUT2D eigenvalue weighted by atomic mass is 10.1. The van der Waals surface area contributed by atoms with Crippen molar-refractivity contribution in [2.45, 2.75) is 26.7 Å². The summed E-state index contributed by atoms with van der Waals surface area (Å²) < 4.78 is 17.8. The minimum Gasteiger partial charge on any atom is -0.493 e. The molecule has 0 heterocycles. The zero-order chi connectivity index (χ0) is 18.2. The summed E-state index contributed by atoms with van der Waals surface area (Å²) in [5, 5.41) is 0. The van der Waals surface area contributed by atoms with Gasteiger partial charge in [-0.05, 0) is 84.1 Å². The van der Waals surface area contributed by atoms with Gasteiger partial charge in [0.15, 0.2) is 11.5 Å². The van der Waals surface area contributed by atoms with E-state index in [4.69, 9.17) is 14.2 Å². The molecule has 0 atom stereocenters. The lowest BCUT2D eigenvalue weighted by Gasteiger charge is -2.12. The molecule has 0 aliphatic carbocycles. The molecule has 4 nitrogen and oxygen atoms in total. The van der Waals surface area contributed by atoms with Crippen molar-refractivity contribution in [3.63, 3.8) is 0 Å². The Bertz CT molecular complexity index is 728. The van der Waals surface area contributed by atoms with Crippen LogP contribution in [0.25, 0.3) is 0 Å². The predicted octanol–water partition coefficient (Wildman–Crippen LogP) is 5.13. The summed E-state index contributed by atoms with van der Waals surface area (Å²) in [5.74, 6) is 2.08. The van der Waals surface area contributed by atoms with Gasteiger partial charge in [0.05, 0.1) is 24.8 Å². The standard InChI is InChI=1S/C20H23BrO4/c1-14-10-17(21)19(11-15(14)2)25-9-5-4-8-24-18-7-6-16(13-22)12-20(18)23-3/h6-7,10-13H,4-5,8-9H2,1-3H3. The smallest absolute Gasteiger partial charge is 0.161 e. The molecule has 0 aliphatic rings. The van der Waals surface area contributed by atoms with E-state index in [1.807, 2.05) is 0 Å². The Hall–Kier alpha value is -2.01. The normalized spacial score (nSPS) is 10.4. The van der Waals surface area contributed by atoms with Gasteiger partial charge in [0.25, 0.3) is 0 Å². The second-order valence-corrected chi connectivity index (χ2v) is 6.65. The van der Waals surface area contributed by atoms with Crippen LogP contribution in [0, 0.1) is 13.8 Å². The van der Waals surface area contributed by atoms with Gasteiger partial charge in [0, 0.05) is 5.56 Å². The molecule has 0 fully saturated rings. The van der Waals surface area contributed by atoms with Crippen LogP contribution in [0.2, 0.25) is 0 Å². The minimum atomic E-state index is 0.564. The molecule has 134 valence electrons. The first-order valence-corrected chi connectivity index (χ1v) is 9.00. The Kier molecular flexibility index (Phi) is 7.31. The number of hydrogen-bond acceptors (Lipinski definition) is 4. The Morgan fingerprint density at radius 2 is 1.56 bits per heavy atom. The van der Waals surface area contributed by atoms with E-state index in [0.717, 1.165) is 29.4 Å². The van der Waals surface area contributed by atoms with Crippen LogP contribution in [0.4, 0.5) is 0 Å². The highest BCUT2D eigenvalue weighted by atomic mass is 79.9. The summed E-state index contributed by atoms with van der Waals surface area (Å²) in [5.41, 5.74) is 3.02. The Balaban J connectivity index is 1.75. The van der Waals surface area contributed by atoms with Gasteiger partial charge < -0.3 is 14.2 Å². The molecule has 2 rings (SSSR count). The third kappa shape index (κ3) is 5.49. The summed E-state index contributed by atoms with van der Waals surface area (Å²) in [4.78, 5) is 10.8. The summed E-state index contributed by atoms with van der Waals surface area (Å²) in [6.07, 6.45) is 2.53. The first-order chi connectivity index (χ1) is 12.0. The second-order valence-electron chi connectivity index (χ2n) is 5.80. The predicted molar refractivity (Wildman–Crippen MR) is 102 cm³/mol. The van der Waals surface area contributed by atoms with E-state index in [0.29, 0.717) is 30.3 Å². The highest BCUT2D eigenvalue weighted by Crippen LogP contribution is 2.29. The van der Waals surface area contributed by atoms with Crippen molar-refractivity contribution < 1.29 is 19.0 Å². The fourth-order valence-electron chi connectivity index (χ4n) is 2.31. The SMILES string of the molecule is COc1cc(C=O)ccc1OCCCCOc1cc(C)c(C)cc1Br. The zero-order valence-electron chi connectivity index (χ0n) is 14.8. The molecule has 2 aromatic rings. The molecule has 0 saturated heterocycles. The number of carbonyl (C=O) groups excluding carboxylic acids is 1. The van der Waals surface area contributed by atoms with Crippen LogP contribution in [0.3, 0.4) is 0 Å². The van der Waals surface area contributed by atoms with Crippen molar-refractivity contribution in [3.8, 4) is 17.2 Å². The number of aryl methyl sites for hydroxylation is 2. The molecule has 0 N–H and O–H groups in total. The molecule has 0 bridgehead atoms. The van der Waals surface area contributed by atoms with E-state index >= 15 is 0 Å². The van der Waals surface area contributed by atoms with E-state index in [1.165, 1.54) is 11.1 Å². The first kappa shape index (κ1) is 19.3. The molecule has 0 spiro atoms.